The number of amides is 1. The number of nitrogens with one attached hydrogen (secondary N) is 1. The van der Waals surface area contributed by atoms with Crippen molar-refractivity contribution < 1.29 is 9.53 Å². The molecule has 0 spiro atoms. The van der Waals surface area contributed by atoms with Gasteiger partial charge in [-0.15, -0.1) is 0 Å². The lowest BCUT2D eigenvalue weighted by molar-refractivity contribution is -0.132. The molecule has 0 radical (unpaired) electrons. The van der Waals surface area contributed by atoms with E-state index in [1.807, 2.05) is 37.4 Å². The van der Waals surface area contributed by atoms with Crippen LogP contribution in [0.4, 0.5) is 0 Å². The molecule has 0 saturated heterocycles. The number of hydrogen-bond donors (Lipinski definition) is 1. The number of pyridine rings is 1. The highest BCUT2D eigenvalue weighted by molar-refractivity contribution is 5.82. The SMILES string of the molecule is COCCN(C)C(=O)C(Cc1ccccc1)NCc1ccc(-c2ccncc2)cc1. The van der Waals surface area contributed by atoms with Crippen molar-refractivity contribution >= 4 is 5.91 Å². The third-order valence-corrected chi connectivity index (χ3v) is 5.11. The summed E-state index contributed by atoms with van der Waals surface area (Å²) in [6, 6.07) is 22.2. The van der Waals surface area contributed by atoms with Crippen molar-refractivity contribution in [2.45, 2.75) is 19.0 Å². The van der Waals surface area contributed by atoms with Crippen LogP contribution in [-0.2, 0) is 22.5 Å². The lowest BCUT2D eigenvalue weighted by Gasteiger charge is -2.25. The summed E-state index contributed by atoms with van der Waals surface area (Å²) >= 11 is 0. The Morgan fingerprint density at radius 1 is 0.967 bits per heavy atom. The number of hydrogen-bond acceptors (Lipinski definition) is 4. The predicted octanol–water partition coefficient (Wildman–Crippen LogP) is 3.55. The third kappa shape index (κ3) is 6.24. The molecule has 1 heterocycles. The van der Waals surface area contributed by atoms with Crippen LogP contribution in [0.1, 0.15) is 11.1 Å². The van der Waals surface area contributed by atoms with E-state index in [1.165, 1.54) is 0 Å². The molecular weight excluding hydrogens is 374 g/mol. The van der Waals surface area contributed by atoms with Crippen molar-refractivity contribution in [1.29, 1.82) is 0 Å². The predicted molar refractivity (Wildman–Crippen MR) is 120 cm³/mol. The molecule has 0 aliphatic heterocycles. The number of rotatable bonds is 10. The van der Waals surface area contributed by atoms with E-state index in [-0.39, 0.29) is 11.9 Å². The molecule has 0 aliphatic carbocycles. The molecule has 1 N–H and O–H groups in total. The van der Waals surface area contributed by atoms with E-state index in [9.17, 15) is 4.79 Å². The van der Waals surface area contributed by atoms with E-state index >= 15 is 0 Å². The molecule has 5 nitrogen and oxygen atoms in total. The van der Waals surface area contributed by atoms with E-state index < -0.39 is 0 Å². The molecule has 30 heavy (non-hydrogen) atoms. The Balaban J connectivity index is 1.67. The standard InChI is InChI=1S/C25H29N3O2/c1-28(16-17-30-2)25(29)24(18-20-6-4-3-5-7-20)27-19-21-8-10-22(11-9-21)23-12-14-26-15-13-23/h3-15,24,27H,16-19H2,1-2H3. The van der Waals surface area contributed by atoms with Crippen LogP contribution in [0.15, 0.2) is 79.1 Å². The monoisotopic (exact) mass is 403 g/mol. The van der Waals surface area contributed by atoms with Crippen LogP contribution in [0, 0.1) is 0 Å². The number of aromatic nitrogens is 1. The average Bonchev–Trinajstić information content (AvgIpc) is 2.81. The van der Waals surface area contributed by atoms with Gasteiger partial charge in [-0.1, -0.05) is 54.6 Å². The van der Waals surface area contributed by atoms with Crippen molar-refractivity contribution in [3.8, 4) is 11.1 Å². The Morgan fingerprint density at radius 2 is 1.63 bits per heavy atom. The van der Waals surface area contributed by atoms with E-state index in [4.69, 9.17) is 4.74 Å². The highest BCUT2D eigenvalue weighted by Gasteiger charge is 2.22. The molecule has 0 fully saturated rings. The normalized spacial score (nSPS) is 11.8. The second-order valence-electron chi connectivity index (χ2n) is 7.31. The first kappa shape index (κ1) is 21.7. The molecule has 3 aromatic rings. The number of carbonyl (C=O) groups is 1. The highest BCUT2D eigenvalue weighted by atomic mass is 16.5. The van der Waals surface area contributed by atoms with E-state index in [0.717, 1.165) is 22.3 Å². The largest absolute Gasteiger partial charge is 0.383 e. The van der Waals surface area contributed by atoms with E-state index in [0.29, 0.717) is 26.1 Å². The third-order valence-electron chi connectivity index (χ3n) is 5.11. The van der Waals surface area contributed by atoms with Crippen molar-refractivity contribution in [3.05, 3.63) is 90.3 Å². The fraction of sp³-hybridized carbons (Fsp3) is 0.280. The molecular formula is C25H29N3O2. The second kappa shape index (κ2) is 11.2. The quantitative estimate of drug-likeness (QED) is 0.562. The van der Waals surface area contributed by atoms with Crippen molar-refractivity contribution in [2.75, 3.05) is 27.3 Å². The minimum absolute atomic E-state index is 0.0734. The Bertz CT molecular complexity index is 899. The summed E-state index contributed by atoms with van der Waals surface area (Å²) in [5, 5.41) is 3.46. The Hall–Kier alpha value is -3.02. The number of methoxy groups -OCH3 is 1. The van der Waals surface area contributed by atoms with Gasteiger partial charge < -0.3 is 15.0 Å². The molecule has 0 saturated carbocycles. The summed E-state index contributed by atoms with van der Waals surface area (Å²) in [5.41, 5.74) is 4.56. The van der Waals surface area contributed by atoms with Gasteiger partial charge >= 0.3 is 0 Å². The summed E-state index contributed by atoms with van der Waals surface area (Å²) in [6.45, 7) is 1.72. The van der Waals surface area contributed by atoms with Gasteiger partial charge in [0.25, 0.3) is 0 Å². The van der Waals surface area contributed by atoms with Crippen LogP contribution < -0.4 is 5.32 Å². The first-order valence-corrected chi connectivity index (χ1v) is 10.2. The summed E-state index contributed by atoms with van der Waals surface area (Å²) < 4.78 is 5.12. The lowest BCUT2D eigenvalue weighted by atomic mass is 10.0. The number of carbonyl (C=O) groups excluding carboxylic acids is 1. The number of benzene rings is 2. The maximum Gasteiger partial charge on any atom is 0.239 e. The van der Waals surface area contributed by atoms with Gasteiger partial charge in [-0.3, -0.25) is 9.78 Å². The first-order chi connectivity index (χ1) is 14.7. The fourth-order valence-electron chi connectivity index (χ4n) is 3.30. The molecule has 1 atom stereocenters. The van der Waals surface area contributed by atoms with Crippen LogP contribution in [0.5, 0.6) is 0 Å². The van der Waals surface area contributed by atoms with Crippen molar-refractivity contribution in [1.82, 2.24) is 15.2 Å². The molecule has 1 unspecified atom stereocenters. The smallest absolute Gasteiger partial charge is 0.239 e. The maximum atomic E-state index is 13.0. The van der Waals surface area contributed by atoms with Crippen molar-refractivity contribution in [2.24, 2.45) is 0 Å². The van der Waals surface area contributed by atoms with Crippen LogP contribution in [-0.4, -0.2) is 49.1 Å². The Labute approximate surface area is 178 Å². The molecule has 0 bridgehead atoms. The molecule has 0 aliphatic rings. The van der Waals surface area contributed by atoms with Gasteiger partial charge in [-0.25, -0.2) is 0 Å². The Morgan fingerprint density at radius 3 is 2.30 bits per heavy atom. The lowest BCUT2D eigenvalue weighted by Crippen LogP contribution is -2.46. The van der Waals surface area contributed by atoms with Gasteiger partial charge in [0.2, 0.25) is 5.91 Å². The zero-order valence-corrected chi connectivity index (χ0v) is 17.6. The topological polar surface area (TPSA) is 54.5 Å². The van der Waals surface area contributed by atoms with Crippen LogP contribution in [0.25, 0.3) is 11.1 Å². The molecule has 5 heteroatoms. The molecule has 1 aromatic heterocycles. The summed E-state index contributed by atoms with van der Waals surface area (Å²) in [7, 11) is 3.47. The van der Waals surface area contributed by atoms with Gasteiger partial charge in [-0.2, -0.15) is 0 Å². The molecule has 2 aromatic carbocycles. The number of nitrogens with zero attached hydrogens (tertiary/aromatic N) is 2. The fourth-order valence-corrected chi connectivity index (χ4v) is 3.30. The van der Waals surface area contributed by atoms with Gasteiger partial charge in [0.15, 0.2) is 0 Å². The second-order valence-corrected chi connectivity index (χ2v) is 7.31. The summed E-state index contributed by atoms with van der Waals surface area (Å²) in [6.07, 6.45) is 4.24. The van der Waals surface area contributed by atoms with Crippen LogP contribution in [0.2, 0.25) is 0 Å². The minimum atomic E-state index is -0.297. The number of likely N-dealkylation sites (N-methyl/N-ethyl adjacent to an activating group) is 1. The average molecular weight is 404 g/mol. The zero-order chi connectivity index (χ0) is 21.2. The van der Waals surface area contributed by atoms with Crippen LogP contribution in [0.3, 0.4) is 0 Å². The number of ether oxygens (including phenoxy) is 1. The molecule has 1 amide bonds. The zero-order valence-electron chi connectivity index (χ0n) is 17.6. The van der Waals surface area contributed by atoms with Gasteiger partial charge in [0.1, 0.15) is 0 Å². The van der Waals surface area contributed by atoms with E-state index in [1.54, 1.807) is 24.4 Å². The van der Waals surface area contributed by atoms with Gasteiger partial charge in [0.05, 0.1) is 12.6 Å². The summed E-state index contributed by atoms with van der Waals surface area (Å²) in [5.74, 6) is 0.0734. The van der Waals surface area contributed by atoms with E-state index in [2.05, 4.69) is 46.7 Å². The summed E-state index contributed by atoms with van der Waals surface area (Å²) in [4.78, 5) is 18.8. The Kier molecular flexibility index (Phi) is 8.12. The first-order valence-electron chi connectivity index (χ1n) is 10.2. The highest BCUT2D eigenvalue weighted by Crippen LogP contribution is 2.18. The minimum Gasteiger partial charge on any atom is -0.383 e. The van der Waals surface area contributed by atoms with Gasteiger partial charge in [-0.05, 0) is 40.8 Å². The van der Waals surface area contributed by atoms with Gasteiger partial charge in [0, 0.05) is 39.6 Å². The molecule has 3 rings (SSSR count). The maximum absolute atomic E-state index is 13.0. The molecule has 156 valence electrons. The van der Waals surface area contributed by atoms with Crippen molar-refractivity contribution in [3.63, 3.8) is 0 Å². The van der Waals surface area contributed by atoms with Crippen LogP contribution >= 0.6 is 0 Å².